The van der Waals surface area contributed by atoms with Gasteiger partial charge in [0.1, 0.15) is 0 Å². The van der Waals surface area contributed by atoms with Crippen molar-refractivity contribution in [3.05, 3.63) is 24.0 Å². The Labute approximate surface area is 76.0 Å². The van der Waals surface area contributed by atoms with Gasteiger partial charge in [0.05, 0.1) is 11.9 Å². The van der Waals surface area contributed by atoms with Crippen LogP contribution in [0.25, 0.3) is 0 Å². The number of nitrogens with zero attached hydrogens (tertiary/aromatic N) is 2. The maximum atomic E-state index is 10.7. The Morgan fingerprint density at radius 2 is 2.25 bits per heavy atom. The molecule has 0 aliphatic heterocycles. The molecule has 0 radical (unpaired) electrons. The van der Waals surface area contributed by atoms with E-state index in [2.05, 4.69) is 4.98 Å². The van der Waals surface area contributed by atoms with Crippen molar-refractivity contribution < 1.29 is 4.79 Å². The van der Waals surface area contributed by atoms with Crippen LogP contribution in [0.2, 0.25) is 0 Å². The average Bonchev–Trinajstić information content (AvgIpc) is 2.04. The molecule has 3 nitrogen and oxygen atoms in total. The second kappa shape index (κ2) is 3.54. The Hall–Kier alpha value is -1.09. The molecule has 0 unspecified atom stereocenters. The number of amides is 1. The number of halogens is 1. The van der Waals surface area contributed by atoms with E-state index in [-0.39, 0.29) is 0 Å². The predicted octanol–water partition coefficient (Wildman–Crippen LogP) is 2.19. The fourth-order valence-corrected chi connectivity index (χ4v) is 0.857. The average molecular weight is 185 g/mol. The topological polar surface area (TPSA) is 33.2 Å². The molecular weight excluding hydrogens is 176 g/mol. The second-order valence-electron chi connectivity index (χ2n) is 2.47. The highest BCUT2D eigenvalue weighted by molar-refractivity contribution is 6.66. The number of aromatic nitrogens is 1. The third-order valence-corrected chi connectivity index (χ3v) is 1.80. The largest absolute Gasteiger partial charge is 0.320 e. The lowest BCUT2D eigenvalue weighted by Gasteiger charge is -2.12. The zero-order valence-electron chi connectivity index (χ0n) is 6.91. The molecule has 64 valence electrons. The van der Waals surface area contributed by atoms with Crippen LogP contribution in [0.5, 0.6) is 0 Å². The van der Waals surface area contributed by atoms with E-state index in [1.54, 1.807) is 19.3 Å². The van der Waals surface area contributed by atoms with E-state index in [0.29, 0.717) is 5.69 Å². The Morgan fingerprint density at radius 3 is 2.67 bits per heavy atom. The number of pyridine rings is 1. The normalized spacial score (nSPS) is 9.58. The van der Waals surface area contributed by atoms with E-state index < -0.39 is 5.37 Å². The minimum Gasteiger partial charge on any atom is -0.300 e. The fraction of sp³-hybridized carbons (Fsp3) is 0.250. The SMILES string of the molecule is Cc1ccc(N(C)C(=O)Cl)cn1. The van der Waals surface area contributed by atoms with Crippen LogP contribution in [-0.4, -0.2) is 17.4 Å². The number of anilines is 1. The number of hydrogen-bond acceptors (Lipinski definition) is 2. The van der Waals surface area contributed by atoms with Crippen molar-refractivity contribution >= 4 is 22.7 Å². The summed E-state index contributed by atoms with van der Waals surface area (Å²) in [4.78, 5) is 16.1. The molecule has 1 aromatic heterocycles. The summed E-state index contributed by atoms with van der Waals surface area (Å²) in [6.45, 7) is 1.88. The minimum absolute atomic E-state index is 0.513. The highest BCUT2D eigenvalue weighted by atomic mass is 35.5. The van der Waals surface area contributed by atoms with Crippen LogP contribution in [0.15, 0.2) is 18.3 Å². The molecule has 1 aromatic rings. The quantitative estimate of drug-likeness (QED) is 0.495. The van der Waals surface area contributed by atoms with Gasteiger partial charge in [0, 0.05) is 12.7 Å². The second-order valence-corrected chi connectivity index (χ2v) is 2.79. The predicted molar refractivity (Wildman–Crippen MR) is 48.6 cm³/mol. The van der Waals surface area contributed by atoms with Gasteiger partial charge in [0.2, 0.25) is 0 Å². The monoisotopic (exact) mass is 184 g/mol. The molecule has 12 heavy (non-hydrogen) atoms. The van der Waals surface area contributed by atoms with Crippen LogP contribution in [0.4, 0.5) is 10.5 Å². The molecule has 0 saturated carbocycles. The van der Waals surface area contributed by atoms with Crippen molar-refractivity contribution in [2.45, 2.75) is 6.92 Å². The Bertz CT molecular complexity index is 284. The lowest BCUT2D eigenvalue weighted by Crippen LogP contribution is -2.19. The number of carbonyl (C=O) groups is 1. The van der Waals surface area contributed by atoms with E-state index in [0.717, 1.165) is 5.69 Å². The lowest BCUT2D eigenvalue weighted by atomic mass is 10.3. The standard InChI is InChI=1S/C8H9ClN2O/c1-6-3-4-7(5-10-6)11(2)8(9)12/h3-5H,1-2H3. The van der Waals surface area contributed by atoms with Crippen molar-refractivity contribution in [1.82, 2.24) is 4.98 Å². The van der Waals surface area contributed by atoms with Gasteiger partial charge < -0.3 is 4.90 Å². The van der Waals surface area contributed by atoms with Gasteiger partial charge in [-0.15, -0.1) is 0 Å². The Balaban J connectivity index is 2.89. The first kappa shape index (κ1) is 9.00. The molecular formula is C8H9ClN2O. The molecule has 0 fully saturated rings. The number of hydrogen-bond donors (Lipinski definition) is 0. The lowest BCUT2D eigenvalue weighted by molar-refractivity contribution is 0.265. The van der Waals surface area contributed by atoms with Crippen molar-refractivity contribution in [3.8, 4) is 0 Å². The highest BCUT2D eigenvalue weighted by Crippen LogP contribution is 2.12. The van der Waals surface area contributed by atoms with Crippen LogP contribution in [-0.2, 0) is 0 Å². The third kappa shape index (κ3) is 1.95. The van der Waals surface area contributed by atoms with E-state index >= 15 is 0 Å². The zero-order chi connectivity index (χ0) is 9.14. The minimum atomic E-state index is -0.513. The van der Waals surface area contributed by atoms with Crippen molar-refractivity contribution in [3.63, 3.8) is 0 Å². The first-order valence-corrected chi connectivity index (χ1v) is 3.85. The molecule has 0 N–H and O–H groups in total. The van der Waals surface area contributed by atoms with E-state index in [4.69, 9.17) is 11.6 Å². The van der Waals surface area contributed by atoms with Gasteiger partial charge in [-0.2, -0.15) is 0 Å². The summed E-state index contributed by atoms with van der Waals surface area (Å²) < 4.78 is 0. The number of aryl methyl sites for hydroxylation is 1. The van der Waals surface area contributed by atoms with E-state index in [1.807, 2.05) is 13.0 Å². The zero-order valence-corrected chi connectivity index (χ0v) is 7.67. The molecule has 0 aliphatic rings. The van der Waals surface area contributed by atoms with Crippen molar-refractivity contribution in [2.24, 2.45) is 0 Å². The molecule has 1 heterocycles. The first-order valence-electron chi connectivity index (χ1n) is 3.47. The number of rotatable bonds is 1. The molecule has 0 aromatic carbocycles. The van der Waals surface area contributed by atoms with Crippen LogP contribution in [0.3, 0.4) is 0 Å². The smallest absolute Gasteiger partial charge is 0.300 e. The molecule has 1 amide bonds. The summed E-state index contributed by atoms with van der Waals surface area (Å²) in [6, 6.07) is 3.62. The van der Waals surface area contributed by atoms with Crippen LogP contribution in [0, 0.1) is 6.92 Å². The first-order chi connectivity index (χ1) is 5.61. The van der Waals surface area contributed by atoms with Gasteiger partial charge in [-0.25, -0.2) is 0 Å². The van der Waals surface area contributed by atoms with Gasteiger partial charge in [-0.05, 0) is 30.7 Å². The summed E-state index contributed by atoms with van der Waals surface area (Å²) in [5.41, 5.74) is 1.61. The molecule has 4 heteroatoms. The Morgan fingerprint density at radius 1 is 1.58 bits per heavy atom. The summed E-state index contributed by atoms with van der Waals surface area (Å²) in [5, 5.41) is -0.513. The molecule has 0 aliphatic carbocycles. The maximum Gasteiger partial charge on any atom is 0.320 e. The highest BCUT2D eigenvalue weighted by Gasteiger charge is 2.06. The Kier molecular flexibility index (Phi) is 2.65. The summed E-state index contributed by atoms with van der Waals surface area (Å²) in [5.74, 6) is 0. The maximum absolute atomic E-state index is 10.7. The van der Waals surface area contributed by atoms with E-state index in [1.165, 1.54) is 4.90 Å². The number of carbonyl (C=O) groups excluding carboxylic acids is 1. The summed E-state index contributed by atoms with van der Waals surface area (Å²) >= 11 is 5.26. The van der Waals surface area contributed by atoms with Gasteiger partial charge in [-0.3, -0.25) is 9.78 Å². The summed E-state index contributed by atoms with van der Waals surface area (Å²) in [6.07, 6.45) is 1.61. The van der Waals surface area contributed by atoms with Gasteiger partial charge in [-0.1, -0.05) is 0 Å². The van der Waals surface area contributed by atoms with Gasteiger partial charge in [0.25, 0.3) is 0 Å². The van der Waals surface area contributed by atoms with Crippen molar-refractivity contribution in [1.29, 1.82) is 0 Å². The summed E-state index contributed by atoms with van der Waals surface area (Å²) in [7, 11) is 1.60. The molecule has 1 rings (SSSR count). The van der Waals surface area contributed by atoms with Gasteiger partial charge >= 0.3 is 5.37 Å². The fourth-order valence-electron chi connectivity index (χ4n) is 0.760. The molecule has 0 spiro atoms. The van der Waals surface area contributed by atoms with Crippen LogP contribution >= 0.6 is 11.6 Å². The van der Waals surface area contributed by atoms with Gasteiger partial charge in [0.15, 0.2) is 0 Å². The molecule has 0 bridgehead atoms. The third-order valence-electron chi connectivity index (χ3n) is 1.55. The van der Waals surface area contributed by atoms with Crippen LogP contribution in [0.1, 0.15) is 5.69 Å². The van der Waals surface area contributed by atoms with Crippen LogP contribution < -0.4 is 4.90 Å². The van der Waals surface area contributed by atoms with Crippen molar-refractivity contribution in [2.75, 3.05) is 11.9 Å². The molecule has 0 atom stereocenters. The molecule has 0 saturated heterocycles. The van der Waals surface area contributed by atoms with E-state index in [9.17, 15) is 4.79 Å².